The van der Waals surface area contributed by atoms with E-state index in [4.69, 9.17) is 16.3 Å². The van der Waals surface area contributed by atoms with Crippen LogP contribution in [-0.2, 0) is 11.8 Å². The maximum Gasteiger partial charge on any atom is 0.320 e. The van der Waals surface area contributed by atoms with Crippen LogP contribution in [-0.4, -0.2) is 26.5 Å². The molecule has 0 radical (unpaired) electrons. The molecule has 0 aliphatic heterocycles. The van der Waals surface area contributed by atoms with Gasteiger partial charge < -0.3 is 4.74 Å². The van der Waals surface area contributed by atoms with E-state index in [2.05, 4.69) is 46.1 Å². The van der Waals surface area contributed by atoms with E-state index in [9.17, 15) is 0 Å². The molecule has 2 rings (SSSR count). The van der Waals surface area contributed by atoms with Crippen molar-refractivity contribution in [3.63, 3.8) is 0 Å². The Morgan fingerprint density at radius 2 is 1.95 bits per heavy atom. The van der Waals surface area contributed by atoms with Gasteiger partial charge in [-0.1, -0.05) is 20.8 Å². The second kappa shape index (κ2) is 6.01. The highest BCUT2D eigenvalue weighted by Gasteiger charge is 2.18. The Bertz CT molecular complexity index is 594. The summed E-state index contributed by atoms with van der Waals surface area (Å²) in [5.74, 6) is 0.572. The molecule has 0 atom stereocenters. The molecule has 2 heterocycles. The second-order valence-corrected chi connectivity index (χ2v) is 6.57. The first kappa shape index (κ1) is 15.1. The molecular formula is C13H17ClN4OS. The zero-order valence-corrected chi connectivity index (χ0v) is 13.5. The zero-order chi connectivity index (χ0) is 14.8. The van der Waals surface area contributed by atoms with Crippen LogP contribution in [0.3, 0.4) is 0 Å². The Morgan fingerprint density at radius 3 is 2.55 bits per heavy atom. The van der Waals surface area contributed by atoms with E-state index in [1.807, 2.05) is 6.92 Å². The van der Waals surface area contributed by atoms with Crippen molar-refractivity contribution >= 4 is 22.9 Å². The van der Waals surface area contributed by atoms with Gasteiger partial charge in [-0.05, 0) is 18.5 Å². The van der Waals surface area contributed by atoms with Crippen molar-refractivity contribution in [2.45, 2.75) is 39.5 Å². The first-order valence-electron chi connectivity index (χ1n) is 6.36. The van der Waals surface area contributed by atoms with Crippen LogP contribution in [0.25, 0.3) is 0 Å². The highest BCUT2D eigenvalue weighted by molar-refractivity contribution is 7.09. The summed E-state index contributed by atoms with van der Waals surface area (Å²) in [6, 6.07) is 0.259. The summed E-state index contributed by atoms with van der Waals surface area (Å²) in [5.41, 5.74) is 1.12. The van der Waals surface area contributed by atoms with Gasteiger partial charge >= 0.3 is 6.01 Å². The second-order valence-electron chi connectivity index (χ2n) is 5.29. The Kier molecular flexibility index (Phi) is 4.55. The monoisotopic (exact) mass is 312 g/mol. The van der Waals surface area contributed by atoms with Crippen LogP contribution in [0.5, 0.6) is 6.01 Å². The molecule has 0 aliphatic rings. The molecule has 0 aromatic carbocycles. The fraction of sp³-hybridized carbons (Fsp3) is 0.538. The summed E-state index contributed by atoms with van der Waals surface area (Å²) in [7, 11) is 0. The molecule has 20 heavy (non-hydrogen) atoms. The van der Waals surface area contributed by atoms with Crippen molar-refractivity contribution in [2.24, 2.45) is 0 Å². The number of hydrogen-bond donors (Lipinski definition) is 0. The number of rotatable bonds is 4. The van der Waals surface area contributed by atoms with Crippen molar-refractivity contribution < 1.29 is 4.74 Å². The first-order chi connectivity index (χ1) is 9.38. The number of ether oxygens (including phenoxy) is 1. The zero-order valence-electron chi connectivity index (χ0n) is 12.0. The normalized spacial score (nSPS) is 11.7. The van der Waals surface area contributed by atoms with Gasteiger partial charge in [0.2, 0.25) is 5.28 Å². The van der Waals surface area contributed by atoms with E-state index in [1.165, 1.54) is 0 Å². The lowest BCUT2D eigenvalue weighted by Crippen LogP contribution is -2.11. The maximum atomic E-state index is 5.87. The lowest BCUT2D eigenvalue weighted by Gasteiger charge is -2.14. The van der Waals surface area contributed by atoms with Gasteiger partial charge in [-0.15, -0.1) is 11.3 Å². The maximum absolute atomic E-state index is 5.87. The minimum absolute atomic E-state index is 0.0436. The van der Waals surface area contributed by atoms with E-state index >= 15 is 0 Å². The van der Waals surface area contributed by atoms with Crippen LogP contribution >= 0.6 is 22.9 Å². The van der Waals surface area contributed by atoms with Gasteiger partial charge in [-0.2, -0.15) is 9.97 Å². The summed E-state index contributed by atoms with van der Waals surface area (Å²) in [4.78, 5) is 16.9. The predicted octanol–water partition coefficient (Wildman–Crippen LogP) is 3.27. The van der Waals surface area contributed by atoms with Crippen LogP contribution in [0, 0.1) is 0 Å². The van der Waals surface area contributed by atoms with Gasteiger partial charge in [0.15, 0.2) is 0 Å². The highest BCUT2D eigenvalue weighted by Crippen LogP contribution is 2.24. The minimum Gasteiger partial charge on any atom is -0.464 e. The Hall–Kier alpha value is -1.27. The third-order valence-electron chi connectivity index (χ3n) is 2.54. The van der Waals surface area contributed by atoms with Crippen LogP contribution in [0.2, 0.25) is 5.28 Å². The van der Waals surface area contributed by atoms with Crippen molar-refractivity contribution in [1.82, 2.24) is 19.9 Å². The fourth-order valence-corrected chi connectivity index (χ4v) is 2.70. The summed E-state index contributed by atoms with van der Waals surface area (Å²) >= 11 is 7.47. The molecule has 7 heteroatoms. The van der Waals surface area contributed by atoms with Gasteiger partial charge in [0.05, 0.1) is 18.7 Å². The number of nitrogens with zero attached hydrogens (tertiary/aromatic N) is 4. The molecule has 2 aromatic heterocycles. The Balaban J connectivity index is 2.19. The van der Waals surface area contributed by atoms with Crippen LogP contribution in [0.4, 0.5) is 0 Å². The molecule has 0 N–H and O–H groups in total. The fourth-order valence-electron chi connectivity index (χ4n) is 1.52. The molecule has 0 spiro atoms. The largest absolute Gasteiger partial charge is 0.464 e. The third kappa shape index (κ3) is 3.86. The lowest BCUT2D eigenvalue weighted by molar-refractivity contribution is 0.310. The van der Waals surface area contributed by atoms with Gasteiger partial charge in [0.25, 0.3) is 0 Å². The Morgan fingerprint density at radius 1 is 1.20 bits per heavy atom. The van der Waals surface area contributed by atoms with Crippen molar-refractivity contribution in [3.8, 4) is 6.01 Å². The van der Waals surface area contributed by atoms with Crippen LogP contribution in [0.15, 0.2) is 5.38 Å². The SMILES string of the molecule is CCOc1nc(Cl)nc(Cc2nc(C(C)(C)C)cs2)n1. The van der Waals surface area contributed by atoms with E-state index in [0.717, 1.165) is 10.7 Å². The van der Waals surface area contributed by atoms with Crippen LogP contribution in [0.1, 0.15) is 44.2 Å². The smallest absolute Gasteiger partial charge is 0.320 e. The minimum atomic E-state index is 0.0436. The topological polar surface area (TPSA) is 60.8 Å². The van der Waals surface area contributed by atoms with Crippen molar-refractivity contribution in [1.29, 1.82) is 0 Å². The number of halogens is 1. The molecule has 5 nitrogen and oxygen atoms in total. The van der Waals surface area contributed by atoms with Gasteiger partial charge in [-0.3, -0.25) is 0 Å². The molecule has 0 bridgehead atoms. The molecule has 0 saturated carbocycles. The summed E-state index contributed by atoms with van der Waals surface area (Å²) in [6.45, 7) is 8.77. The molecule has 0 saturated heterocycles. The standard InChI is InChI=1S/C13H17ClN4OS/c1-5-19-12-17-9(16-11(14)18-12)6-10-15-8(7-20-10)13(2,3)4/h7H,5-6H2,1-4H3. The molecular weight excluding hydrogens is 296 g/mol. The lowest BCUT2D eigenvalue weighted by atomic mass is 9.93. The predicted molar refractivity (Wildman–Crippen MR) is 79.6 cm³/mol. The van der Waals surface area contributed by atoms with E-state index in [1.54, 1.807) is 11.3 Å². The molecule has 0 aliphatic carbocycles. The number of hydrogen-bond acceptors (Lipinski definition) is 6. The molecule has 0 amide bonds. The first-order valence-corrected chi connectivity index (χ1v) is 7.62. The van der Waals surface area contributed by atoms with Gasteiger partial charge in [-0.25, -0.2) is 9.97 Å². The Labute approximate surface area is 127 Å². The molecule has 0 unspecified atom stereocenters. The van der Waals surface area contributed by atoms with Gasteiger partial charge in [0.1, 0.15) is 10.8 Å². The van der Waals surface area contributed by atoms with Crippen LogP contribution < -0.4 is 4.74 Å². The summed E-state index contributed by atoms with van der Waals surface area (Å²) in [6.07, 6.45) is 0.531. The number of aromatic nitrogens is 4. The van der Waals surface area contributed by atoms with E-state index in [-0.39, 0.29) is 16.7 Å². The summed E-state index contributed by atoms with van der Waals surface area (Å²) in [5, 5.41) is 3.17. The molecule has 2 aromatic rings. The van der Waals surface area contributed by atoms with E-state index < -0.39 is 0 Å². The highest BCUT2D eigenvalue weighted by atomic mass is 35.5. The van der Waals surface area contributed by atoms with Crippen molar-refractivity contribution in [3.05, 3.63) is 27.2 Å². The van der Waals surface area contributed by atoms with E-state index in [0.29, 0.717) is 18.9 Å². The quantitative estimate of drug-likeness (QED) is 0.867. The third-order valence-corrected chi connectivity index (χ3v) is 3.55. The molecule has 108 valence electrons. The average Bonchev–Trinajstić information content (AvgIpc) is 2.76. The number of thiazole rings is 1. The molecule has 0 fully saturated rings. The van der Waals surface area contributed by atoms with Gasteiger partial charge in [0, 0.05) is 10.8 Å². The van der Waals surface area contributed by atoms with Crippen molar-refractivity contribution in [2.75, 3.05) is 6.61 Å². The summed E-state index contributed by atoms with van der Waals surface area (Å²) < 4.78 is 5.26. The average molecular weight is 313 g/mol.